The molecule has 27 heteroatoms. The van der Waals surface area contributed by atoms with E-state index < -0.39 is 11.2 Å². The summed E-state index contributed by atoms with van der Waals surface area (Å²) in [5.74, 6) is -1.04. The molecule has 0 radical (unpaired) electrons. The molecule has 7 aromatic rings. The van der Waals surface area contributed by atoms with Crippen molar-refractivity contribution in [1.82, 2.24) is 58.9 Å². The Balaban J connectivity index is 0.000000307. The zero-order valence-electron chi connectivity index (χ0n) is 42.6. The van der Waals surface area contributed by atoms with Crippen molar-refractivity contribution in [2.75, 3.05) is 0 Å². The van der Waals surface area contributed by atoms with Crippen molar-refractivity contribution in [2.45, 2.75) is 80.9 Å². The molecule has 0 spiro atoms. The second-order valence-corrected chi connectivity index (χ2v) is 18.4. The Morgan fingerprint density at radius 1 is 0.589 bits per heavy atom. The lowest BCUT2D eigenvalue weighted by molar-refractivity contribution is 0.0696. The van der Waals surface area contributed by atoms with Gasteiger partial charge in [0.25, 0.3) is 5.24 Å². The van der Waals surface area contributed by atoms with Crippen molar-refractivity contribution in [3.63, 3.8) is 0 Å². The van der Waals surface area contributed by atoms with Crippen LogP contribution in [-0.2, 0) is 58.6 Å². The Bertz CT molecular complexity index is 2900. The van der Waals surface area contributed by atoms with Gasteiger partial charge in [0.15, 0.2) is 0 Å². The number of pyridine rings is 2. The maximum absolute atomic E-state index is 10.7. The van der Waals surface area contributed by atoms with Crippen LogP contribution in [0.4, 0.5) is 0 Å². The molecule has 0 aliphatic carbocycles. The summed E-state index contributed by atoms with van der Waals surface area (Å²) in [4.78, 5) is 35.0. The van der Waals surface area contributed by atoms with Gasteiger partial charge >= 0.3 is 5.97 Å². The van der Waals surface area contributed by atoms with Crippen molar-refractivity contribution < 1.29 is 29.8 Å². The number of aromatic carboxylic acids is 1. The highest BCUT2D eigenvalue weighted by atomic mass is 79.9. The maximum atomic E-state index is 10.7. The first-order valence-corrected chi connectivity index (χ1v) is 24.7. The molecule has 20 nitrogen and oxygen atoms in total. The van der Waals surface area contributed by atoms with E-state index in [-0.39, 0.29) is 28.0 Å². The van der Waals surface area contributed by atoms with Gasteiger partial charge in [0.2, 0.25) is 0 Å². The zero-order chi connectivity index (χ0) is 55.6. The normalized spacial score (nSPS) is 10.6. The van der Waals surface area contributed by atoms with E-state index in [2.05, 4.69) is 61.7 Å². The minimum absolute atomic E-state index is 0.0431. The summed E-state index contributed by atoms with van der Waals surface area (Å²) in [6.45, 7) is 17.0. The number of alkyl halides is 1. The molecule has 0 amide bonds. The van der Waals surface area contributed by atoms with Crippen LogP contribution >= 0.6 is 85.5 Å². The SMILES string of the molecule is Cc1cc(C)nc(/C=N/O)c1.Cc1cc(C)nc(/C=N/OCc2c(C)nn(C)c2Cl)c1.Cc1nn(C)c(Cl)c1C(=O)Cl.Cc1nn(C)c(Cl)c1C(=O)O.Cc1nn(C)c(Cl)c1CBr.Cc1nn(C)c(Cl)c1CO. The molecule has 0 unspecified atom stereocenters. The molecule has 0 saturated heterocycles. The van der Waals surface area contributed by atoms with Gasteiger partial charge in [0, 0.05) is 63.1 Å². The Morgan fingerprint density at radius 2 is 0.959 bits per heavy atom. The zero-order valence-corrected chi connectivity index (χ0v) is 48.7. The number of aromatic nitrogens is 12. The summed E-state index contributed by atoms with van der Waals surface area (Å²) < 4.78 is 7.58. The third-order valence-corrected chi connectivity index (χ3v) is 12.7. The number of carbonyl (C=O) groups is 2. The highest BCUT2D eigenvalue weighted by Gasteiger charge is 2.18. The third-order valence-electron chi connectivity index (χ3n) is 9.71. The molecule has 0 aliphatic rings. The van der Waals surface area contributed by atoms with E-state index >= 15 is 0 Å². The van der Waals surface area contributed by atoms with Crippen LogP contribution in [0.15, 0.2) is 34.6 Å². The maximum Gasteiger partial charge on any atom is 0.340 e. The fourth-order valence-corrected chi connectivity index (χ4v) is 8.70. The predicted octanol–water partition coefficient (Wildman–Crippen LogP) is 10.4. The second-order valence-electron chi connectivity index (χ2n) is 15.7. The van der Waals surface area contributed by atoms with E-state index in [4.69, 9.17) is 89.9 Å². The van der Waals surface area contributed by atoms with Crippen LogP contribution in [0, 0.1) is 62.3 Å². The number of halogens is 7. The fraction of sp³-hybridized carbons (Fsp3) is 0.370. The van der Waals surface area contributed by atoms with Gasteiger partial charge in [-0.15, -0.1) is 0 Å². The molecule has 0 bridgehead atoms. The molecule has 0 aliphatic heterocycles. The van der Waals surface area contributed by atoms with Crippen LogP contribution in [0.3, 0.4) is 0 Å². The average Bonchev–Trinajstić information content (AvgIpc) is 3.97. The monoisotopic (exact) mass is 1190 g/mol. The van der Waals surface area contributed by atoms with E-state index in [0.717, 1.165) is 66.9 Å². The number of carboxylic acid groups (broad SMARTS) is 1. The Kier molecular flexibility index (Phi) is 26.3. The lowest BCUT2D eigenvalue weighted by atomic mass is 10.2. The Hall–Kier alpha value is -5.39. The fourth-order valence-electron chi connectivity index (χ4n) is 6.37. The summed E-state index contributed by atoms with van der Waals surface area (Å²) in [6.07, 6.45) is 2.92. The number of hydrogen-bond donors (Lipinski definition) is 3. The number of oxime groups is 2. The largest absolute Gasteiger partial charge is 0.478 e. The molecule has 0 atom stereocenters. The van der Waals surface area contributed by atoms with Gasteiger partial charge < -0.3 is 20.3 Å². The first-order chi connectivity index (χ1) is 34.1. The molecule has 0 saturated carbocycles. The van der Waals surface area contributed by atoms with Gasteiger partial charge in [-0.3, -0.25) is 38.2 Å². The molecule has 0 aromatic carbocycles. The van der Waals surface area contributed by atoms with Crippen LogP contribution in [0.25, 0.3) is 0 Å². The molecule has 73 heavy (non-hydrogen) atoms. The number of carbonyl (C=O) groups excluding carboxylic acids is 1. The number of aliphatic hydroxyl groups is 1. The molecule has 3 N–H and O–H groups in total. The molecule has 0 fully saturated rings. The number of aryl methyl sites for hydroxylation is 14. The minimum atomic E-state index is -1.04. The van der Waals surface area contributed by atoms with Crippen LogP contribution in [0.2, 0.25) is 25.8 Å². The van der Waals surface area contributed by atoms with Gasteiger partial charge in [0.05, 0.1) is 70.0 Å². The van der Waals surface area contributed by atoms with E-state index in [1.54, 1.807) is 62.3 Å². The van der Waals surface area contributed by atoms with Crippen molar-refractivity contribution in [3.8, 4) is 0 Å². The van der Waals surface area contributed by atoms with Crippen LogP contribution < -0.4 is 0 Å². The standard InChI is InChI=1S/C14H17ClN4O.C8H10N2O.C6H8BrClN2.C6H6Cl2N2O.C6H7ClN2O2.C6H9ClN2O/c1-9-5-10(2)17-12(6-9)7-16-20-8-13-11(3)18-19(4)14(13)15;1-6-3-7(2)10-8(4-6)5-9-11;1-4-5(3-7)6(8)10(2)9-4;1-3-4(6(8)11)5(7)10(2)9-3;1-3-4(6(10)11)5(7)9(2)8-3;1-4-5(3-10)6(7)9(2)8-4/h5-7H,8H2,1-4H3;3-5,11H,1-2H3;3H2,1-2H3;1-2H3;1-2H3,(H,10,11);10H,3H2,1-2H3/b16-7+;9-5+;;;;. The lowest BCUT2D eigenvalue weighted by Gasteiger charge is -2.00. The Morgan fingerprint density at radius 3 is 1.22 bits per heavy atom. The number of hydrogen-bond acceptors (Lipinski definition) is 14. The topological polar surface area (TPSA) is 244 Å². The molecular weight excluding hydrogens is 1140 g/mol. The second kappa shape index (κ2) is 30.1. The van der Waals surface area contributed by atoms with E-state index in [9.17, 15) is 9.59 Å². The van der Waals surface area contributed by atoms with E-state index in [1.807, 2.05) is 79.8 Å². The van der Waals surface area contributed by atoms with E-state index in [0.29, 0.717) is 39.6 Å². The first-order valence-electron chi connectivity index (χ1n) is 21.4. The summed E-state index contributed by atoms with van der Waals surface area (Å²) >= 11 is 37.7. The number of carboxylic acids is 1. The summed E-state index contributed by atoms with van der Waals surface area (Å²) in [5.41, 5.74) is 12.2. The summed E-state index contributed by atoms with van der Waals surface area (Å²) in [7, 11) is 8.62. The first kappa shape index (κ1) is 63.7. The van der Waals surface area contributed by atoms with E-state index in [1.165, 1.54) is 15.6 Å². The number of nitrogens with zero attached hydrogens (tertiary/aromatic N) is 14. The smallest absolute Gasteiger partial charge is 0.340 e. The van der Waals surface area contributed by atoms with Gasteiger partial charge in [-0.05, 0) is 109 Å². The highest BCUT2D eigenvalue weighted by molar-refractivity contribution is 9.08. The highest BCUT2D eigenvalue weighted by Crippen LogP contribution is 2.23. The summed E-state index contributed by atoms with van der Waals surface area (Å²) in [6, 6.07) is 7.78. The predicted molar refractivity (Wildman–Crippen MR) is 290 cm³/mol. The van der Waals surface area contributed by atoms with Gasteiger partial charge in [-0.2, -0.15) is 25.5 Å². The molecule has 7 heterocycles. The third kappa shape index (κ3) is 19.1. The summed E-state index contributed by atoms with van der Waals surface area (Å²) in [5, 5.41) is 55.0. The van der Waals surface area contributed by atoms with Crippen molar-refractivity contribution in [3.05, 3.63) is 140 Å². The number of aliphatic hydroxyl groups excluding tert-OH is 1. The average molecular weight is 1190 g/mol. The molecular formula is C46H57BrCl6N14O6. The van der Waals surface area contributed by atoms with Gasteiger partial charge in [-0.25, -0.2) is 4.79 Å². The van der Waals surface area contributed by atoms with Gasteiger partial charge in [0.1, 0.15) is 37.9 Å². The van der Waals surface area contributed by atoms with Crippen molar-refractivity contribution in [2.24, 2.45) is 45.5 Å². The quantitative estimate of drug-likeness (QED) is 0.0401. The lowest BCUT2D eigenvalue weighted by Crippen LogP contribution is -1.97. The van der Waals surface area contributed by atoms with Crippen LogP contribution in [-0.4, -0.2) is 97.9 Å². The van der Waals surface area contributed by atoms with Crippen LogP contribution in [0.1, 0.15) is 99.8 Å². The Labute approximate surface area is 461 Å². The minimum Gasteiger partial charge on any atom is -0.478 e. The molecule has 7 aromatic heterocycles. The molecule has 396 valence electrons. The number of rotatable bonds is 9. The van der Waals surface area contributed by atoms with Crippen LogP contribution in [0.5, 0.6) is 0 Å². The van der Waals surface area contributed by atoms with Gasteiger partial charge in [-0.1, -0.05) is 84.2 Å². The van der Waals surface area contributed by atoms with Crippen molar-refractivity contribution >= 4 is 109 Å². The van der Waals surface area contributed by atoms with Crippen molar-refractivity contribution in [1.29, 1.82) is 0 Å². The molecule has 7 rings (SSSR count).